The third kappa shape index (κ3) is 4.78. The van der Waals surface area contributed by atoms with Gasteiger partial charge in [0.15, 0.2) is 5.78 Å². The van der Waals surface area contributed by atoms with E-state index in [1.807, 2.05) is 19.1 Å². The number of carbonyl (C=O) groups is 2. The number of benzene rings is 1. The zero-order chi connectivity index (χ0) is 21.7. The summed E-state index contributed by atoms with van der Waals surface area (Å²) in [4.78, 5) is 47.3. The molecule has 0 bridgehead atoms. The van der Waals surface area contributed by atoms with Gasteiger partial charge < -0.3 is 9.64 Å². The molecule has 1 aromatic heterocycles. The molecule has 8 heteroatoms. The maximum Gasteiger partial charge on any atom is 0.373 e. The third-order valence-electron chi connectivity index (χ3n) is 5.39. The topological polar surface area (TPSA) is 93.6 Å². The van der Waals surface area contributed by atoms with E-state index in [1.54, 1.807) is 11.1 Å². The summed E-state index contributed by atoms with van der Waals surface area (Å²) in [6.07, 6.45) is 3.61. The van der Waals surface area contributed by atoms with Crippen LogP contribution in [0.4, 0.5) is 4.39 Å². The van der Waals surface area contributed by atoms with Gasteiger partial charge in [-0.05, 0) is 36.8 Å². The van der Waals surface area contributed by atoms with E-state index >= 15 is 0 Å². The molecule has 156 valence electrons. The van der Waals surface area contributed by atoms with Crippen molar-refractivity contribution in [2.24, 2.45) is 0 Å². The van der Waals surface area contributed by atoms with Gasteiger partial charge in [-0.1, -0.05) is 0 Å². The van der Waals surface area contributed by atoms with E-state index in [1.165, 1.54) is 18.2 Å². The van der Waals surface area contributed by atoms with Crippen molar-refractivity contribution in [3.8, 4) is 5.75 Å². The van der Waals surface area contributed by atoms with Crippen LogP contribution in [-0.2, 0) is 20.8 Å². The number of halogens is 1. The average molecular weight is 412 g/mol. The number of Topliss-reactive ketones (excluding diaryl/α,β-unsaturated/α-hetero) is 1. The number of carbonyl (C=O) groups excluding carboxylic acids is 4. The lowest BCUT2D eigenvalue weighted by Crippen LogP contribution is -2.52. The van der Waals surface area contributed by atoms with Gasteiger partial charge in [-0.15, -0.1) is 0 Å². The van der Waals surface area contributed by atoms with E-state index in [0.29, 0.717) is 37.2 Å². The number of ketones is 1. The molecule has 1 aromatic carbocycles. The molecule has 0 aliphatic carbocycles. The smallest absolute Gasteiger partial charge is 0.373 e. The van der Waals surface area contributed by atoms with Crippen LogP contribution < -0.4 is 4.74 Å². The first-order valence-corrected chi connectivity index (χ1v) is 9.56. The molecule has 4 rings (SSSR count). The summed E-state index contributed by atoms with van der Waals surface area (Å²) < 4.78 is 19.6. The molecular weight excluding hydrogens is 391 g/mol. The molecule has 1 fully saturated rings. The van der Waals surface area contributed by atoms with Crippen molar-refractivity contribution in [1.82, 2.24) is 9.88 Å². The fourth-order valence-corrected chi connectivity index (χ4v) is 3.87. The lowest BCUT2D eigenvalue weighted by molar-refractivity contribution is -0.191. The second kappa shape index (κ2) is 8.97. The van der Waals surface area contributed by atoms with Crippen LogP contribution >= 0.6 is 0 Å². The largest absolute Gasteiger partial charge is 0.486 e. The molecule has 2 aromatic rings. The Bertz CT molecular complexity index is 993. The summed E-state index contributed by atoms with van der Waals surface area (Å²) in [5.41, 5.74) is 1.63. The van der Waals surface area contributed by atoms with Gasteiger partial charge in [-0.2, -0.15) is 9.59 Å². The summed E-state index contributed by atoms with van der Waals surface area (Å²) in [6.45, 7) is 3.00. The number of pyridine rings is 1. The maximum atomic E-state index is 13.5. The van der Waals surface area contributed by atoms with Crippen LogP contribution in [0, 0.1) is 12.7 Å². The number of piperidine rings is 1. The Morgan fingerprint density at radius 3 is 2.60 bits per heavy atom. The number of likely N-dealkylation sites (tertiary alicyclic amines) is 1. The Hall–Kier alpha value is -3.38. The first-order valence-electron chi connectivity index (χ1n) is 9.56. The molecule has 1 saturated heterocycles. The van der Waals surface area contributed by atoms with Crippen molar-refractivity contribution >= 4 is 17.8 Å². The minimum absolute atomic E-state index is 0.0246. The summed E-state index contributed by atoms with van der Waals surface area (Å²) in [5, 5.41) is 0. The van der Waals surface area contributed by atoms with Crippen LogP contribution in [0.25, 0.3) is 0 Å². The lowest BCUT2D eigenvalue weighted by atomic mass is 9.82. The lowest BCUT2D eigenvalue weighted by Gasteiger charge is -2.44. The van der Waals surface area contributed by atoms with Crippen LogP contribution in [0.5, 0.6) is 5.75 Å². The molecule has 1 spiro atoms. The zero-order valence-corrected chi connectivity index (χ0v) is 16.5. The molecule has 0 N–H and O–H groups in total. The number of aryl methyl sites for hydroxylation is 1. The number of hydrogen-bond acceptors (Lipinski definition) is 6. The second-order valence-electron chi connectivity index (χ2n) is 7.49. The number of hydrogen-bond donors (Lipinski definition) is 0. The van der Waals surface area contributed by atoms with Crippen molar-refractivity contribution in [2.45, 2.75) is 38.2 Å². The number of fused-ring (bicyclic) bond motifs is 1. The van der Waals surface area contributed by atoms with Crippen molar-refractivity contribution < 1.29 is 28.3 Å². The number of aromatic nitrogens is 1. The fourth-order valence-electron chi connectivity index (χ4n) is 3.87. The molecule has 0 saturated carbocycles. The first-order chi connectivity index (χ1) is 14.4. The van der Waals surface area contributed by atoms with Crippen molar-refractivity contribution in [2.75, 3.05) is 13.1 Å². The Morgan fingerprint density at radius 1 is 1.23 bits per heavy atom. The van der Waals surface area contributed by atoms with Crippen LogP contribution in [0.2, 0.25) is 0 Å². The first kappa shape index (κ1) is 21.3. The monoisotopic (exact) mass is 412 g/mol. The molecule has 0 unspecified atom stereocenters. The normalized spacial score (nSPS) is 16.6. The van der Waals surface area contributed by atoms with E-state index in [-0.39, 0.29) is 30.7 Å². The zero-order valence-electron chi connectivity index (χ0n) is 16.5. The molecule has 1 amide bonds. The Morgan fingerprint density at radius 2 is 1.93 bits per heavy atom. The Balaban J connectivity index is 0.000000806. The third-order valence-corrected chi connectivity index (χ3v) is 5.39. The van der Waals surface area contributed by atoms with E-state index in [0.717, 1.165) is 11.3 Å². The summed E-state index contributed by atoms with van der Waals surface area (Å²) in [7, 11) is 0. The van der Waals surface area contributed by atoms with Gasteiger partial charge >= 0.3 is 6.15 Å². The number of amides is 1. The van der Waals surface area contributed by atoms with Crippen molar-refractivity contribution in [1.29, 1.82) is 0 Å². The molecule has 2 aliphatic heterocycles. The van der Waals surface area contributed by atoms with Gasteiger partial charge in [-0.3, -0.25) is 14.6 Å². The average Bonchev–Trinajstić information content (AvgIpc) is 2.68. The van der Waals surface area contributed by atoms with Gasteiger partial charge in [0.2, 0.25) is 5.91 Å². The predicted molar refractivity (Wildman–Crippen MR) is 102 cm³/mol. The molecule has 0 atom stereocenters. The van der Waals surface area contributed by atoms with Gasteiger partial charge in [0, 0.05) is 43.9 Å². The van der Waals surface area contributed by atoms with Crippen molar-refractivity contribution in [3.63, 3.8) is 0 Å². The van der Waals surface area contributed by atoms with E-state index in [4.69, 9.17) is 14.3 Å². The highest BCUT2D eigenvalue weighted by atomic mass is 19.1. The second-order valence-corrected chi connectivity index (χ2v) is 7.49. The Kier molecular flexibility index (Phi) is 6.37. The maximum absolute atomic E-state index is 13.5. The Labute approximate surface area is 172 Å². The summed E-state index contributed by atoms with van der Waals surface area (Å²) in [6, 6.07) is 7.84. The van der Waals surface area contributed by atoms with Gasteiger partial charge in [0.25, 0.3) is 0 Å². The SMILES string of the molecule is Cc1ccnc(CC(=O)N2CCC3(CC2)CC(=O)c2ccc(F)cc2O3)c1.O=C=O. The predicted octanol–water partition coefficient (Wildman–Crippen LogP) is 2.51. The molecular formula is C22H21FN2O5. The van der Waals surface area contributed by atoms with Crippen molar-refractivity contribution in [3.05, 3.63) is 59.2 Å². The highest BCUT2D eigenvalue weighted by molar-refractivity contribution is 6.00. The van der Waals surface area contributed by atoms with Crippen LogP contribution in [-0.4, -0.2) is 46.4 Å². The van der Waals surface area contributed by atoms with Crippen LogP contribution in [0.15, 0.2) is 36.5 Å². The molecule has 30 heavy (non-hydrogen) atoms. The van der Waals surface area contributed by atoms with Crippen LogP contribution in [0.1, 0.15) is 40.9 Å². The number of rotatable bonds is 2. The standard InChI is InChI=1S/C21H21FN2O3.CO2/c1-14-4-7-23-16(10-14)12-20(26)24-8-5-21(6-9-24)13-18(25)17-3-2-15(22)11-19(17)27-21;2-1-3/h2-4,7,10-11H,5-6,8-9,12-13H2,1H3;. The molecule has 0 radical (unpaired) electrons. The van der Waals surface area contributed by atoms with Gasteiger partial charge in [-0.25, -0.2) is 4.39 Å². The highest BCUT2D eigenvalue weighted by Gasteiger charge is 2.43. The van der Waals surface area contributed by atoms with E-state index < -0.39 is 11.4 Å². The number of nitrogens with zero attached hydrogens (tertiary/aromatic N) is 2. The summed E-state index contributed by atoms with van der Waals surface area (Å²) >= 11 is 0. The molecule has 3 heterocycles. The minimum Gasteiger partial charge on any atom is -0.486 e. The highest BCUT2D eigenvalue weighted by Crippen LogP contribution is 2.39. The van der Waals surface area contributed by atoms with Gasteiger partial charge in [0.05, 0.1) is 18.4 Å². The van der Waals surface area contributed by atoms with E-state index in [2.05, 4.69) is 4.98 Å². The fraction of sp³-hybridized carbons (Fsp3) is 0.364. The quantitative estimate of drug-likeness (QED) is 0.752. The number of ether oxygens (including phenoxy) is 1. The summed E-state index contributed by atoms with van der Waals surface area (Å²) in [5.74, 6) is -0.108. The minimum atomic E-state index is -0.643. The van der Waals surface area contributed by atoms with Crippen LogP contribution in [0.3, 0.4) is 0 Å². The van der Waals surface area contributed by atoms with E-state index in [9.17, 15) is 14.0 Å². The van der Waals surface area contributed by atoms with Gasteiger partial charge in [0.1, 0.15) is 17.2 Å². The molecule has 7 nitrogen and oxygen atoms in total. The molecule has 2 aliphatic rings.